The van der Waals surface area contributed by atoms with Gasteiger partial charge in [-0.25, -0.2) is 8.42 Å². The molecule has 0 saturated carbocycles. The Bertz CT molecular complexity index is 1020. The summed E-state index contributed by atoms with van der Waals surface area (Å²) in [5.74, 6) is 1.47. The maximum Gasteiger partial charge on any atom is 0.243 e. The molecule has 0 aliphatic rings. The molecule has 0 aliphatic heterocycles. The first-order chi connectivity index (χ1) is 15.1. The molecule has 0 fully saturated rings. The van der Waals surface area contributed by atoms with Gasteiger partial charge in [0.2, 0.25) is 15.9 Å². The molecular weight excluding hydrogens is 432 g/mol. The van der Waals surface area contributed by atoms with E-state index in [2.05, 4.69) is 19.2 Å². The third-order valence-electron chi connectivity index (χ3n) is 4.91. The first-order valence-corrected chi connectivity index (χ1v) is 12.2. The van der Waals surface area contributed by atoms with Crippen molar-refractivity contribution in [3.05, 3.63) is 48.0 Å². The van der Waals surface area contributed by atoms with Crippen molar-refractivity contribution < 1.29 is 27.4 Å². The minimum atomic E-state index is -3.75. The number of amides is 1. The van der Waals surface area contributed by atoms with Crippen LogP contribution in [0.1, 0.15) is 32.3 Å². The van der Waals surface area contributed by atoms with Gasteiger partial charge in [-0.3, -0.25) is 9.10 Å². The summed E-state index contributed by atoms with van der Waals surface area (Å²) in [6.45, 7) is 6.19. The number of nitrogens with one attached hydrogen (secondary N) is 1. The highest BCUT2D eigenvalue weighted by Crippen LogP contribution is 2.33. The summed E-state index contributed by atoms with van der Waals surface area (Å²) in [6, 6.07) is 11.5. The van der Waals surface area contributed by atoms with E-state index in [1.807, 2.05) is 24.3 Å². The van der Waals surface area contributed by atoms with E-state index < -0.39 is 22.0 Å². The smallest absolute Gasteiger partial charge is 0.243 e. The van der Waals surface area contributed by atoms with Crippen molar-refractivity contribution in [3.63, 3.8) is 0 Å². The van der Waals surface area contributed by atoms with Gasteiger partial charge in [-0.15, -0.1) is 0 Å². The van der Waals surface area contributed by atoms with Crippen LogP contribution in [0.5, 0.6) is 17.2 Å². The molecule has 1 unspecified atom stereocenters. The van der Waals surface area contributed by atoms with Crippen LogP contribution < -0.4 is 23.8 Å². The molecule has 0 bridgehead atoms. The second-order valence-corrected chi connectivity index (χ2v) is 9.47. The molecule has 1 amide bonds. The Kier molecular flexibility index (Phi) is 8.77. The van der Waals surface area contributed by atoms with Crippen LogP contribution in [0.4, 0.5) is 5.69 Å². The van der Waals surface area contributed by atoms with Crippen molar-refractivity contribution in [1.29, 1.82) is 0 Å². The zero-order chi connectivity index (χ0) is 23.9. The Morgan fingerprint density at radius 1 is 1.00 bits per heavy atom. The number of hydrogen-bond acceptors (Lipinski definition) is 6. The van der Waals surface area contributed by atoms with Gasteiger partial charge in [0.15, 0.2) is 11.5 Å². The van der Waals surface area contributed by atoms with Gasteiger partial charge in [0.05, 0.1) is 32.7 Å². The average Bonchev–Trinajstić information content (AvgIpc) is 2.75. The van der Waals surface area contributed by atoms with E-state index in [-0.39, 0.29) is 13.2 Å². The van der Waals surface area contributed by atoms with Gasteiger partial charge < -0.3 is 19.5 Å². The monoisotopic (exact) mass is 464 g/mol. The molecule has 0 aromatic heterocycles. The van der Waals surface area contributed by atoms with Crippen LogP contribution in [0.2, 0.25) is 0 Å². The van der Waals surface area contributed by atoms with Crippen LogP contribution in [0, 0.1) is 0 Å². The molecule has 1 atom stereocenters. The van der Waals surface area contributed by atoms with E-state index >= 15 is 0 Å². The van der Waals surface area contributed by atoms with Crippen molar-refractivity contribution in [3.8, 4) is 17.2 Å². The standard InChI is InChI=1S/C23H32N2O6S/c1-16(2)19-9-7-8-10-20(19)31-14-13-24-23(26)17(3)25(32(6,27)28)18-11-12-21(29-4)22(15-18)30-5/h7-12,15-17H,13-14H2,1-6H3,(H,24,26). The van der Waals surface area contributed by atoms with E-state index in [1.54, 1.807) is 12.1 Å². The SMILES string of the molecule is COc1ccc(N(C(C)C(=O)NCCOc2ccccc2C(C)C)S(C)(=O)=O)cc1OC. The first-order valence-electron chi connectivity index (χ1n) is 10.3. The summed E-state index contributed by atoms with van der Waals surface area (Å²) in [4.78, 5) is 12.7. The number of carbonyl (C=O) groups excluding carboxylic acids is 1. The fraction of sp³-hybridized carbons (Fsp3) is 0.435. The van der Waals surface area contributed by atoms with Crippen LogP contribution in [0.3, 0.4) is 0 Å². The largest absolute Gasteiger partial charge is 0.493 e. The molecule has 32 heavy (non-hydrogen) atoms. The number of sulfonamides is 1. The highest BCUT2D eigenvalue weighted by Gasteiger charge is 2.29. The molecule has 0 saturated heterocycles. The summed E-state index contributed by atoms with van der Waals surface area (Å²) < 4.78 is 42.3. The summed E-state index contributed by atoms with van der Waals surface area (Å²) in [5.41, 5.74) is 1.39. The van der Waals surface area contributed by atoms with Crippen LogP contribution in [-0.2, 0) is 14.8 Å². The van der Waals surface area contributed by atoms with Gasteiger partial charge in [-0.05, 0) is 36.6 Å². The fourth-order valence-corrected chi connectivity index (χ4v) is 4.51. The zero-order valence-corrected chi connectivity index (χ0v) is 20.2. The number of carbonyl (C=O) groups is 1. The summed E-state index contributed by atoms with van der Waals surface area (Å²) in [7, 11) is -0.803. The number of benzene rings is 2. The highest BCUT2D eigenvalue weighted by molar-refractivity contribution is 7.92. The van der Waals surface area contributed by atoms with Gasteiger partial charge in [-0.1, -0.05) is 32.0 Å². The Morgan fingerprint density at radius 2 is 1.66 bits per heavy atom. The molecule has 2 aromatic carbocycles. The van der Waals surface area contributed by atoms with E-state index in [1.165, 1.54) is 27.2 Å². The number of hydrogen-bond donors (Lipinski definition) is 1. The zero-order valence-electron chi connectivity index (χ0n) is 19.4. The van der Waals surface area contributed by atoms with Crippen LogP contribution in [-0.4, -0.2) is 54.0 Å². The van der Waals surface area contributed by atoms with Crippen molar-refractivity contribution in [2.45, 2.75) is 32.7 Å². The van der Waals surface area contributed by atoms with Crippen molar-refractivity contribution in [2.24, 2.45) is 0 Å². The first kappa shape index (κ1) is 25.3. The van der Waals surface area contributed by atoms with Crippen LogP contribution >= 0.6 is 0 Å². The Balaban J connectivity index is 2.08. The minimum Gasteiger partial charge on any atom is -0.493 e. The molecular formula is C23H32N2O6S. The second kappa shape index (κ2) is 11.1. The average molecular weight is 465 g/mol. The maximum atomic E-state index is 12.7. The summed E-state index contributed by atoms with van der Waals surface area (Å²) in [6.07, 6.45) is 1.06. The number of rotatable bonds is 11. The van der Waals surface area contributed by atoms with Crippen molar-refractivity contribution in [1.82, 2.24) is 5.32 Å². The van der Waals surface area contributed by atoms with Gasteiger partial charge in [-0.2, -0.15) is 0 Å². The third kappa shape index (κ3) is 6.29. The third-order valence-corrected chi connectivity index (χ3v) is 6.15. The number of para-hydroxylation sites is 1. The van der Waals surface area contributed by atoms with Crippen molar-refractivity contribution >= 4 is 21.6 Å². The second-order valence-electron chi connectivity index (χ2n) is 7.61. The summed E-state index contributed by atoms with van der Waals surface area (Å²) in [5, 5.41) is 2.75. The van der Waals surface area contributed by atoms with Gasteiger partial charge in [0.1, 0.15) is 18.4 Å². The molecule has 9 heteroatoms. The van der Waals surface area contributed by atoms with Gasteiger partial charge >= 0.3 is 0 Å². The molecule has 0 spiro atoms. The molecule has 8 nitrogen and oxygen atoms in total. The predicted octanol–water partition coefficient (Wildman–Crippen LogP) is 3.18. The molecule has 1 N–H and O–H groups in total. The maximum absolute atomic E-state index is 12.7. The van der Waals surface area contributed by atoms with E-state index in [0.717, 1.165) is 21.9 Å². The molecule has 0 aliphatic carbocycles. The lowest BCUT2D eigenvalue weighted by Gasteiger charge is -2.28. The lowest BCUT2D eigenvalue weighted by molar-refractivity contribution is -0.121. The van der Waals surface area contributed by atoms with E-state index in [9.17, 15) is 13.2 Å². The molecule has 2 aromatic rings. The van der Waals surface area contributed by atoms with Crippen LogP contribution in [0.15, 0.2) is 42.5 Å². The molecule has 176 valence electrons. The Morgan fingerprint density at radius 3 is 2.25 bits per heavy atom. The molecule has 0 radical (unpaired) electrons. The normalized spacial score (nSPS) is 12.2. The van der Waals surface area contributed by atoms with Gasteiger partial charge in [0.25, 0.3) is 0 Å². The minimum absolute atomic E-state index is 0.235. The topological polar surface area (TPSA) is 94.2 Å². The lowest BCUT2D eigenvalue weighted by Crippen LogP contribution is -2.48. The van der Waals surface area contributed by atoms with Crippen LogP contribution in [0.25, 0.3) is 0 Å². The number of methoxy groups -OCH3 is 2. The Labute approximate surface area is 190 Å². The van der Waals surface area contributed by atoms with Gasteiger partial charge in [0, 0.05) is 6.07 Å². The number of nitrogens with zero attached hydrogens (tertiary/aromatic N) is 1. The number of anilines is 1. The predicted molar refractivity (Wildman–Crippen MR) is 125 cm³/mol. The van der Waals surface area contributed by atoms with Crippen molar-refractivity contribution in [2.75, 3.05) is 37.9 Å². The number of ether oxygens (including phenoxy) is 3. The Hall–Kier alpha value is -2.94. The lowest BCUT2D eigenvalue weighted by atomic mass is 10.0. The fourth-order valence-electron chi connectivity index (χ4n) is 3.34. The van der Waals surface area contributed by atoms with E-state index in [0.29, 0.717) is 23.1 Å². The van der Waals surface area contributed by atoms with E-state index in [4.69, 9.17) is 14.2 Å². The quantitative estimate of drug-likeness (QED) is 0.514. The molecule has 2 rings (SSSR count). The molecule has 0 heterocycles. The highest BCUT2D eigenvalue weighted by atomic mass is 32.2. The summed E-state index contributed by atoms with van der Waals surface area (Å²) >= 11 is 0.